The highest BCUT2D eigenvalue weighted by atomic mass is 127. The van der Waals surface area contributed by atoms with Gasteiger partial charge in [0.05, 0.1) is 6.54 Å². The quantitative estimate of drug-likeness (QED) is 0.334. The molecule has 4 rings (SSSR count). The van der Waals surface area contributed by atoms with Gasteiger partial charge < -0.3 is 14.7 Å². The van der Waals surface area contributed by atoms with Gasteiger partial charge in [0.15, 0.2) is 11.8 Å². The molecule has 1 aliphatic rings. The fourth-order valence-electron chi connectivity index (χ4n) is 3.69. The van der Waals surface area contributed by atoms with Gasteiger partial charge in [-0.3, -0.25) is 9.89 Å². The summed E-state index contributed by atoms with van der Waals surface area (Å²) in [5.41, 5.74) is 1.39. The maximum atomic E-state index is 5.02. The summed E-state index contributed by atoms with van der Waals surface area (Å²) in [6.07, 6.45) is 0. The number of hydrogen-bond donors (Lipinski definition) is 1. The van der Waals surface area contributed by atoms with Gasteiger partial charge in [-0.15, -0.1) is 24.0 Å². The van der Waals surface area contributed by atoms with Crippen molar-refractivity contribution in [3.8, 4) is 0 Å². The van der Waals surface area contributed by atoms with Gasteiger partial charge in [0, 0.05) is 46.7 Å². The topological polar surface area (TPSA) is 69.8 Å². The van der Waals surface area contributed by atoms with Crippen LogP contribution in [0.2, 0.25) is 0 Å². The molecular formula is C21H27IN6O. The number of fused-ring (bicyclic) bond motifs is 1. The summed E-state index contributed by atoms with van der Waals surface area (Å²) in [6, 6.07) is 15.2. The second-order valence-corrected chi connectivity index (χ2v) is 7.03. The van der Waals surface area contributed by atoms with Crippen LogP contribution in [0, 0.1) is 6.92 Å². The lowest BCUT2D eigenvalue weighted by Crippen LogP contribution is -2.52. The summed E-state index contributed by atoms with van der Waals surface area (Å²) >= 11 is 0. The third-order valence-electron chi connectivity index (χ3n) is 5.13. The molecular weight excluding hydrogens is 479 g/mol. The lowest BCUT2D eigenvalue weighted by Gasteiger charge is -2.36. The smallest absolute Gasteiger partial charge is 0.223 e. The zero-order valence-corrected chi connectivity index (χ0v) is 19.2. The molecule has 0 spiro atoms. The number of piperazine rings is 1. The van der Waals surface area contributed by atoms with Gasteiger partial charge in [-0.25, -0.2) is 0 Å². The predicted octanol–water partition coefficient (Wildman–Crippen LogP) is 3.04. The molecule has 3 aromatic rings. The summed E-state index contributed by atoms with van der Waals surface area (Å²) in [6.45, 7) is 7.17. The van der Waals surface area contributed by atoms with Crippen LogP contribution in [0.3, 0.4) is 0 Å². The standard InChI is InChI=1S/C21H26N6O.HI/c1-16-24-20(25-28-16)14-23-21(22-2)27-12-10-26(11-13-27)15-18-8-5-7-17-6-3-4-9-19(17)18;/h3-9H,10-15H2,1-2H3,(H,22,23);1H. The van der Waals surface area contributed by atoms with E-state index in [4.69, 9.17) is 4.52 Å². The van der Waals surface area contributed by atoms with Crippen molar-refractivity contribution in [2.45, 2.75) is 20.0 Å². The summed E-state index contributed by atoms with van der Waals surface area (Å²) in [5, 5.41) is 9.90. The number of aryl methyl sites for hydroxylation is 1. The zero-order chi connectivity index (χ0) is 19.3. The minimum absolute atomic E-state index is 0. The average Bonchev–Trinajstić information content (AvgIpc) is 3.15. The Balaban J connectivity index is 0.00000240. The molecule has 1 aliphatic heterocycles. The van der Waals surface area contributed by atoms with E-state index < -0.39 is 0 Å². The van der Waals surface area contributed by atoms with E-state index in [1.807, 2.05) is 7.05 Å². The number of aliphatic imine (C=N–C) groups is 1. The fraction of sp³-hybridized carbons (Fsp3) is 0.381. The number of hydrogen-bond acceptors (Lipinski definition) is 5. The Labute approximate surface area is 188 Å². The van der Waals surface area contributed by atoms with Crippen molar-refractivity contribution in [1.29, 1.82) is 0 Å². The monoisotopic (exact) mass is 506 g/mol. The van der Waals surface area contributed by atoms with Crippen LogP contribution in [-0.4, -0.2) is 59.1 Å². The van der Waals surface area contributed by atoms with E-state index in [9.17, 15) is 0 Å². The molecule has 0 saturated carbocycles. The van der Waals surface area contributed by atoms with Crippen molar-refractivity contribution >= 4 is 40.7 Å². The molecule has 2 aromatic carbocycles. The van der Waals surface area contributed by atoms with E-state index in [0.29, 0.717) is 18.3 Å². The number of guanidine groups is 1. The van der Waals surface area contributed by atoms with Gasteiger partial charge in [-0.1, -0.05) is 47.6 Å². The molecule has 0 unspecified atom stereocenters. The van der Waals surface area contributed by atoms with E-state index in [-0.39, 0.29) is 24.0 Å². The first-order valence-electron chi connectivity index (χ1n) is 9.67. The van der Waals surface area contributed by atoms with Crippen molar-refractivity contribution in [1.82, 2.24) is 25.3 Å². The number of halogens is 1. The van der Waals surface area contributed by atoms with Crippen LogP contribution in [0.1, 0.15) is 17.3 Å². The van der Waals surface area contributed by atoms with Crippen LogP contribution in [-0.2, 0) is 13.1 Å². The number of benzene rings is 2. The summed E-state index contributed by atoms with van der Waals surface area (Å²) < 4.78 is 5.02. The normalized spacial score (nSPS) is 15.4. The van der Waals surface area contributed by atoms with Gasteiger partial charge >= 0.3 is 0 Å². The maximum absolute atomic E-state index is 5.02. The Kier molecular flexibility index (Phi) is 7.43. The number of rotatable bonds is 4. The van der Waals surface area contributed by atoms with E-state index in [0.717, 1.165) is 38.7 Å². The molecule has 0 amide bonds. The van der Waals surface area contributed by atoms with Gasteiger partial charge in [0.1, 0.15) is 0 Å². The van der Waals surface area contributed by atoms with Crippen LogP contribution in [0.4, 0.5) is 0 Å². The van der Waals surface area contributed by atoms with E-state index in [2.05, 4.69) is 72.7 Å². The molecule has 0 atom stereocenters. The highest BCUT2D eigenvalue weighted by Gasteiger charge is 2.20. The van der Waals surface area contributed by atoms with E-state index in [1.165, 1.54) is 16.3 Å². The average molecular weight is 506 g/mol. The van der Waals surface area contributed by atoms with Crippen LogP contribution in [0.25, 0.3) is 10.8 Å². The van der Waals surface area contributed by atoms with E-state index in [1.54, 1.807) is 6.92 Å². The molecule has 0 radical (unpaired) electrons. The summed E-state index contributed by atoms with van der Waals surface area (Å²) in [4.78, 5) is 13.4. The van der Waals surface area contributed by atoms with Gasteiger partial charge in [0.25, 0.3) is 0 Å². The predicted molar refractivity (Wildman–Crippen MR) is 125 cm³/mol. The molecule has 0 bridgehead atoms. The molecule has 1 aromatic heterocycles. The number of nitrogens with one attached hydrogen (secondary N) is 1. The van der Waals surface area contributed by atoms with Crippen molar-refractivity contribution in [3.63, 3.8) is 0 Å². The first-order chi connectivity index (χ1) is 13.7. The minimum Gasteiger partial charge on any atom is -0.349 e. The second-order valence-electron chi connectivity index (χ2n) is 7.03. The van der Waals surface area contributed by atoms with Crippen LogP contribution in [0.5, 0.6) is 0 Å². The first-order valence-corrected chi connectivity index (χ1v) is 9.67. The van der Waals surface area contributed by atoms with Crippen LogP contribution >= 0.6 is 24.0 Å². The molecule has 1 saturated heterocycles. The van der Waals surface area contributed by atoms with E-state index >= 15 is 0 Å². The van der Waals surface area contributed by atoms with Crippen molar-refractivity contribution in [2.24, 2.45) is 4.99 Å². The third kappa shape index (κ3) is 5.24. The molecule has 1 N–H and O–H groups in total. The molecule has 2 heterocycles. The maximum Gasteiger partial charge on any atom is 0.223 e. The van der Waals surface area contributed by atoms with Gasteiger partial charge in [-0.2, -0.15) is 4.98 Å². The van der Waals surface area contributed by atoms with Gasteiger partial charge in [0.2, 0.25) is 5.89 Å². The molecule has 154 valence electrons. The second kappa shape index (κ2) is 10.0. The molecule has 8 heteroatoms. The Morgan fingerprint density at radius 2 is 1.86 bits per heavy atom. The molecule has 1 fully saturated rings. The number of aromatic nitrogens is 2. The number of nitrogens with zero attached hydrogens (tertiary/aromatic N) is 5. The summed E-state index contributed by atoms with van der Waals surface area (Å²) in [5.74, 6) is 2.11. The fourth-order valence-corrected chi connectivity index (χ4v) is 3.69. The SMILES string of the molecule is CN=C(NCc1noc(C)n1)N1CCN(Cc2cccc3ccccc23)CC1.I. The van der Waals surface area contributed by atoms with Crippen LogP contribution < -0.4 is 5.32 Å². The summed E-state index contributed by atoms with van der Waals surface area (Å²) in [7, 11) is 1.81. The Morgan fingerprint density at radius 1 is 1.10 bits per heavy atom. The van der Waals surface area contributed by atoms with Gasteiger partial charge in [-0.05, 0) is 16.3 Å². The Hall–Kier alpha value is -2.20. The third-order valence-corrected chi connectivity index (χ3v) is 5.13. The zero-order valence-electron chi connectivity index (χ0n) is 16.8. The lowest BCUT2D eigenvalue weighted by molar-refractivity contribution is 0.173. The minimum atomic E-state index is 0. The van der Waals surface area contributed by atoms with Crippen molar-refractivity contribution in [2.75, 3.05) is 33.2 Å². The molecule has 7 nitrogen and oxygen atoms in total. The largest absolute Gasteiger partial charge is 0.349 e. The molecule has 29 heavy (non-hydrogen) atoms. The molecule has 0 aliphatic carbocycles. The highest BCUT2D eigenvalue weighted by molar-refractivity contribution is 14.0. The highest BCUT2D eigenvalue weighted by Crippen LogP contribution is 2.20. The van der Waals surface area contributed by atoms with Crippen molar-refractivity contribution in [3.05, 3.63) is 59.7 Å². The van der Waals surface area contributed by atoms with Crippen LogP contribution in [0.15, 0.2) is 52.0 Å². The van der Waals surface area contributed by atoms with Crippen molar-refractivity contribution < 1.29 is 4.52 Å². The Morgan fingerprint density at radius 3 is 2.59 bits per heavy atom. The lowest BCUT2D eigenvalue weighted by atomic mass is 10.0. The first kappa shape index (κ1) is 21.5. The Bertz CT molecular complexity index is 959.